The van der Waals surface area contributed by atoms with Crippen LogP contribution in [0.4, 0.5) is 0 Å². The molecular formula is C10H16N4+2. The van der Waals surface area contributed by atoms with E-state index in [1.807, 2.05) is 14.1 Å². The number of hydrogen-bond acceptors (Lipinski definition) is 0. The van der Waals surface area contributed by atoms with E-state index in [1.165, 1.54) is 0 Å². The highest BCUT2D eigenvalue weighted by Gasteiger charge is 2.03. The average molecular weight is 192 g/mol. The largest absolute Gasteiger partial charge is 0.243 e. The van der Waals surface area contributed by atoms with Gasteiger partial charge in [0.15, 0.2) is 0 Å². The van der Waals surface area contributed by atoms with Crippen LogP contribution >= 0.6 is 0 Å². The summed E-state index contributed by atoms with van der Waals surface area (Å²) >= 11 is 0. The first kappa shape index (κ1) is 8.99. The first-order chi connectivity index (χ1) is 6.74. The molecule has 0 atom stereocenters. The Morgan fingerprint density at radius 1 is 0.857 bits per heavy atom. The van der Waals surface area contributed by atoms with Gasteiger partial charge in [0.05, 0.1) is 14.1 Å². The van der Waals surface area contributed by atoms with Gasteiger partial charge in [-0.3, -0.25) is 0 Å². The normalized spacial score (nSPS) is 10.7. The van der Waals surface area contributed by atoms with Gasteiger partial charge in [-0.05, 0) is 0 Å². The highest BCUT2D eigenvalue weighted by atomic mass is 15.1. The molecule has 2 aromatic heterocycles. The lowest BCUT2D eigenvalue weighted by atomic mass is 10.6. The Morgan fingerprint density at radius 2 is 1.29 bits per heavy atom. The second-order valence-electron chi connectivity index (χ2n) is 3.63. The van der Waals surface area contributed by atoms with Gasteiger partial charge in [-0.2, -0.15) is 0 Å². The van der Waals surface area contributed by atoms with Crippen LogP contribution in [0.25, 0.3) is 0 Å². The highest BCUT2D eigenvalue weighted by molar-refractivity contribution is 4.63. The molecule has 0 aliphatic carbocycles. The summed E-state index contributed by atoms with van der Waals surface area (Å²) in [6, 6.07) is 0. The van der Waals surface area contributed by atoms with Gasteiger partial charge in [-0.1, -0.05) is 0 Å². The molecule has 2 heterocycles. The lowest BCUT2D eigenvalue weighted by molar-refractivity contribution is -0.777. The molecule has 0 N–H and O–H groups in total. The van der Waals surface area contributed by atoms with E-state index in [1.54, 1.807) is 0 Å². The molecule has 0 unspecified atom stereocenters. The van der Waals surface area contributed by atoms with Gasteiger partial charge in [-0.25, -0.2) is 18.3 Å². The third-order valence-electron chi connectivity index (χ3n) is 2.26. The monoisotopic (exact) mass is 192 g/mol. The van der Waals surface area contributed by atoms with E-state index >= 15 is 0 Å². The average Bonchev–Trinajstić information content (AvgIpc) is 2.72. The van der Waals surface area contributed by atoms with Crippen LogP contribution in [0.3, 0.4) is 0 Å². The molecule has 0 fully saturated rings. The minimum atomic E-state index is 1.01. The highest BCUT2D eigenvalue weighted by Crippen LogP contribution is 1.79. The van der Waals surface area contributed by atoms with Crippen molar-refractivity contribution in [2.45, 2.75) is 13.1 Å². The molecule has 0 bridgehead atoms. The van der Waals surface area contributed by atoms with E-state index in [4.69, 9.17) is 0 Å². The lowest BCUT2D eigenvalue weighted by Crippen LogP contribution is -2.42. The van der Waals surface area contributed by atoms with Crippen molar-refractivity contribution in [3.05, 3.63) is 37.4 Å². The van der Waals surface area contributed by atoms with Crippen molar-refractivity contribution in [3.63, 3.8) is 0 Å². The fraction of sp³-hybridized carbons (Fsp3) is 0.400. The predicted molar refractivity (Wildman–Crippen MR) is 51.2 cm³/mol. The molecule has 0 aliphatic rings. The van der Waals surface area contributed by atoms with Crippen LogP contribution in [0, 0.1) is 0 Å². The lowest BCUT2D eigenvalue weighted by Gasteiger charge is -1.92. The summed E-state index contributed by atoms with van der Waals surface area (Å²) in [7, 11) is 4.07. The Kier molecular flexibility index (Phi) is 2.35. The number of imidazole rings is 2. The second-order valence-corrected chi connectivity index (χ2v) is 3.63. The molecule has 4 nitrogen and oxygen atoms in total. The van der Waals surface area contributed by atoms with Crippen molar-refractivity contribution in [2.75, 3.05) is 0 Å². The Hall–Kier alpha value is -1.58. The van der Waals surface area contributed by atoms with Crippen molar-refractivity contribution in [1.29, 1.82) is 0 Å². The van der Waals surface area contributed by atoms with Crippen LogP contribution in [0.15, 0.2) is 37.4 Å². The van der Waals surface area contributed by atoms with Crippen molar-refractivity contribution in [1.82, 2.24) is 9.13 Å². The molecule has 0 saturated heterocycles. The summed E-state index contributed by atoms with van der Waals surface area (Å²) in [6.45, 7) is 2.02. The van der Waals surface area contributed by atoms with E-state index in [0.29, 0.717) is 0 Å². The molecule has 0 saturated carbocycles. The number of aryl methyl sites for hydroxylation is 4. The Morgan fingerprint density at radius 3 is 1.57 bits per heavy atom. The number of rotatable bonds is 3. The molecule has 0 radical (unpaired) electrons. The summed E-state index contributed by atoms with van der Waals surface area (Å²) in [5.74, 6) is 0. The van der Waals surface area contributed by atoms with Crippen molar-refractivity contribution >= 4 is 0 Å². The van der Waals surface area contributed by atoms with E-state index in [9.17, 15) is 0 Å². The van der Waals surface area contributed by atoms with Gasteiger partial charge in [0.1, 0.15) is 37.9 Å². The van der Waals surface area contributed by atoms with Crippen LogP contribution in [0.1, 0.15) is 0 Å². The van der Waals surface area contributed by atoms with Gasteiger partial charge in [-0.15, -0.1) is 0 Å². The Labute approximate surface area is 83.6 Å². The molecular weight excluding hydrogens is 176 g/mol. The molecule has 0 amide bonds. The molecule has 14 heavy (non-hydrogen) atoms. The van der Waals surface area contributed by atoms with Gasteiger partial charge in [0, 0.05) is 0 Å². The maximum absolute atomic E-state index is 2.18. The molecule has 0 spiro atoms. The Balaban J connectivity index is 1.94. The SMILES string of the molecule is Cn1cc[n+](CC[n+]2ccn(C)c2)c1. The topological polar surface area (TPSA) is 17.6 Å². The fourth-order valence-corrected chi connectivity index (χ4v) is 1.50. The first-order valence-corrected chi connectivity index (χ1v) is 4.76. The minimum Gasteiger partial charge on any atom is -0.240 e. The maximum atomic E-state index is 2.18. The molecule has 2 aromatic rings. The minimum absolute atomic E-state index is 1.01. The van der Waals surface area contributed by atoms with Gasteiger partial charge < -0.3 is 0 Å². The van der Waals surface area contributed by atoms with Crippen molar-refractivity contribution in [3.8, 4) is 0 Å². The summed E-state index contributed by atoms with van der Waals surface area (Å²) in [4.78, 5) is 0. The molecule has 2 rings (SSSR count). The summed E-state index contributed by atoms with van der Waals surface area (Å²) < 4.78 is 8.46. The summed E-state index contributed by atoms with van der Waals surface area (Å²) in [6.07, 6.45) is 12.4. The Bertz CT molecular complexity index is 373. The standard InChI is InChI=1S/C10H16N4/c1-11-3-5-13(9-11)7-8-14-6-4-12(2)10-14/h3-6,9-10H,7-8H2,1-2H3/q+2. The number of nitrogens with zero attached hydrogens (tertiary/aromatic N) is 4. The van der Waals surface area contributed by atoms with Crippen LogP contribution in [0.2, 0.25) is 0 Å². The fourth-order valence-electron chi connectivity index (χ4n) is 1.50. The molecule has 74 valence electrons. The zero-order valence-electron chi connectivity index (χ0n) is 8.67. The van der Waals surface area contributed by atoms with Gasteiger partial charge >= 0.3 is 0 Å². The summed E-state index contributed by atoms with van der Waals surface area (Å²) in [5.41, 5.74) is 0. The number of hydrogen-bond donors (Lipinski definition) is 0. The van der Waals surface area contributed by atoms with Crippen molar-refractivity contribution < 1.29 is 9.13 Å². The van der Waals surface area contributed by atoms with Crippen LogP contribution < -0.4 is 9.13 Å². The second kappa shape index (κ2) is 3.65. The van der Waals surface area contributed by atoms with E-state index < -0.39 is 0 Å². The zero-order chi connectivity index (χ0) is 9.97. The van der Waals surface area contributed by atoms with E-state index in [-0.39, 0.29) is 0 Å². The van der Waals surface area contributed by atoms with Crippen LogP contribution in [0.5, 0.6) is 0 Å². The maximum Gasteiger partial charge on any atom is 0.243 e. The van der Waals surface area contributed by atoms with E-state index in [2.05, 4.69) is 55.7 Å². The van der Waals surface area contributed by atoms with Crippen molar-refractivity contribution in [2.24, 2.45) is 14.1 Å². The van der Waals surface area contributed by atoms with Gasteiger partial charge in [0.2, 0.25) is 12.7 Å². The summed E-state index contributed by atoms with van der Waals surface area (Å²) in [5, 5.41) is 0. The van der Waals surface area contributed by atoms with E-state index in [0.717, 1.165) is 13.1 Å². The van der Waals surface area contributed by atoms with Crippen LogP contribution in [-0.2, 0) is 27.2 Å². The quantitative estimate of drug-likeness (QED) is 0.591. The van der Waals surface area contributed by atoms with Gasteiger partial charge in [0.25, 0.3) is 0 Å². The third-order valence-corrected chi connectivity index (χ3v) is 2.26. The molecule has 0 aromatic carbocycles. The predicted octanol–water partition coefficient (Wildman–Crippen LogP) is -0.361. The number of aromatic nitrogens is 4. The molecule has 4 heteroatoms. The van der Waals surface area contributed by atoms with Crippen LogP contribution in [-0.4, -0.2) is 9.13 Å². The third kappa shape index (κ3) is 2.02. The first-order valence-electron chi connectivity index (χ1n) is 4.76. The smallest absolute Gasteiger partial charge is 0.240 e. The zero-order valence-corrected chi connectivity index (χ0v) is 8.67. The molecule has 0 aliphatic heterocycles.